The molecule has 0 amide bonds. The first-order valence-electron chi connectivity index (χ1n) is 5.08. The maximum Gasteiger partial charge on any atom is 0.307 e. The van der Waals surface area contributed by atoms with E-state index in [0.717, 1.165) is 43.5 Å². The zero-order chi connectivity index (χ0) is 10.4. The molecule has 0 aromatic heterocycles. The van der Waals surface area contributed by atoms with Gasteiger partial charge in [-0.2, -0.15) is 11.8 Å². The SMILES string of the molecule is CC(CSCC1CCOCC1)C(=O)O. The van der Waals surface area contributed by atoms with Gasteiger partial charge in [-0.15, -0.1) is 0 Å². The normalized spacial score (nSPS) is 20.6. The second-order valence-electron chi connectivity index (χ2n) is 3.83. The van der Waals surface area contributed by atoms with Gasteiger partial charge in [0.15, 0.2) is 0 Å². The van der Waals surface area contributed by atoms with Gasteiger partial charge in [-0.3, -0.25) is 4.79 Å². The van der Waals surface area contributed by atoms with Gasteiger partial charge in [0.2, 0.25) is 0 Å². The first-order chi connectivity index (χ1) is 6.70. The minimum Gasteiger partial charge on any atom is -0.481 e. The van der Waals surface area contributed by atoms with E-state index in [9.17, 15) is 4.79 Å². The van der Waals surface area contributed by atoms with Gasteiger partial charge in [0.25, 0.3) is 0 Å². The Kier molecular flexibility index (Phi) is 5.33. The lowest BCUT2D eigenvalue weighted by atomic mass is 10.0. The Bertz CT molecular complexity index is 178. The summed E-state index contributed by atoms with van der Waals surface area (Å²) in [4.78, 5) is 10.5. The molecule has 1 unspecified atom stereocenters. The molecule has 0 bridgehead atoms. The van der Waals surface area contributed by atoms with Crippen molar-refractivity contribution in [3.63, 3.8) is 0 Å². The van der Waals surface area contributed by atoms with Gasteiger partial charge >= 0.3 is 5.97 Å². The van der Waals surface area contributed by atoms with Crippen molar-refractivity contribution >= 4 is 17.7 Å². The van der Waals surface area contributed by atoms with E-state index in [0.29, 0.717) is 0 Å². The van der Waals surface area contributed by atoms with E-state index in [-0.39, 0.29) is 5.92 Å². The number of carboxylic acids is 1. The summed E-state index contributed by atoms with van der Waals surface area (Å²) in [5, 5.41) is 8.69. The lowest BCUT2D eigenvalue weighted by molar-refractivity contribution is -0.140. The predicted octanol–water partition coefficient (Wildman–Crippen LogP) is 1.87. The largest absolute Gasteiger partial charge is 0.481 e. The molecule has 14 heavy (non-hydrogen) atoms. The number of aliphatic carboxylic acids is 1. The summed E-state index contributed by atoms with van der Waals surface area (Å²) < 4.78 is 5.26. The molecule has 0 aromatic carbocycles. The monoisotopic (exact) mass is 218 g/mol. The molecule has 1 heterocycles. The van der Waals surface area contributed by atoms with Crippen molar-refractivity contribution in [1.29, 1.82) is 0 Å². The van der Waals surface area contributed by atoms with Crippen molar-refractivity contribution in [2.75, 3.05) is 24.7 Å². The van der Waals surface area contributed by atoms with E-state index >= 15 is 0 Å². The molecule has 0 spiro atoms. The van der Waals surface area contributed by atoms with Gasteiger partial charge in [-0.25, -0.2) is 0 Å². The highest BCUT2D eigenvalue weighted by Gasteiger charge is 2.15. The summed E-state index contributed by atoms with van der Waals surface area (Å²) in [7, 11) is 0. The van der Waals surface area contributed by atoms with Crippen LogP contribution in [0.15, 0.2) is 0 Å². The number of hydrogen-bond acceptors (Lipinski definition) is 3. The number of hydrogen-bond donors (Lipinski definition) is 1. The standard InChI is InChI=1S/C10H18O3S/c1-8(10(11)12)6-14-7-9-2-4-13-5-3-9/h8-9H,2-7H2,1H3,(H,11,12). The van der Waals surface area contributed by atoms with Gasteiger partial charge in [0.1, 0.15) is 0 Å². The molecule has 1 saturated heterocycles. The fraction of sp³-hybridized carbons (Fsp3) is 0.900. The van der Waals surface area contributed by atoms with Crippen LogP contribution in [0.5, 0.6) is 0 Å². The molecule has 1 N–H and O–H groups in total. The molecule has 1 rings (SSSR count). The molecule has 1 fully saturated rings. The number of carboxylic acid groups (broad SMARTS) is 1. The highest BCUT2D eigenvalue weighted by atomic mass is 32.2. The summed E-state index contributed by atoms with van der Waals surface area (Å²) in [6.45, 7) is 3.51. The quantitative estimate of drug-likeness (QED) is 0.765. The molecule has 82 valence electrons. The van der Waals surface area contributed by atoms with Crippen molar-refractivity contribution in [1.82, 2.24) is 0 Å². The Morgan fingerprint density at radius 3 is 2.79 bits per heavy atom. The maximum atomic E-state index is 10.5. The zero-order valence-electron chi connectivity index (χ0n) is 8.57. The van der Waals surface area contributed by atoms with Crippen LogP contribution < -0.4 is 0 Å². The molecular weight excluding hydrogens is 200 g/mol. The van der Waals surface area contributed by atoms with Crippen molar-refractivity contribution in [3.05, 3.63) is 0 Å². The number of carbonyl (C=O) groups is 1. The Labute approximate surface area is 89.2 Å². The summed E-state index contributed by atoms with van der Waals surface area (Å²) in [6, 6.07) is 0. The lowest BCUT2D eigenvalue weighted by Crippen LogP contribution is -2.19. The maximum absolute atomic E-state index is 10.5. The predicted molar refractivity (Wildman–Crippen MR) is 57.7 cm³/mol. The fourth-order valence-electron chi connectivity index (χ4n) is 1.40. The van der Waals surface area contributed by atoms with Crippen LogP contribution in [0.4, 0.5) is 0 Å². The lowest BCUT2D eigenvalue weighted by Gasteiger charge is -2.21. The average molecular weight is 218 g/mol. The van der Waals surface area contributed by atoms with Gasteiger partial charge in [-0.1, -0.05) is 6.92 Å². The van der Waals surface area contributed by atoms with Gasteiger partial charge in [0.05, 0.1) is 5.92 Å². The van der Waals surface area contributed by atoms with Crippen molar-refractivity contribution in [2.24, 2.45) is 11.8 Å². The van der Waals surface area contributed by atoms with E-state index in [1.807, 2.05) is 0 Å². The molecule has 1 atom stereocenters. The number of thioether (sulfide) groups is 1. The van der Waals surface area contributed by atoms with Gasteiger partial charge < -0.3 is 9.84 Å². The second-order valence-corrected chi connectivity index (χ2v) is 4.91. The first-order valence-corrected chi connectivity index (χ1v) is 6.24. The molecule has 0 aromatic rings. The summed E-state index contributed by atoms with van der Waals surface area (Å²) in [5.41, 5.74) is 0. The molecule has 0 radical (unpaired) electrons. The average Bonchev–Trinajstić information content (AvgIpc) is 2.19. The third kappa shape index (κ3) is 4.33. The van der Waals surface area contributed by atoms with Crippen LogP contribution in [0, 0.1) is 11.8 Å². The van der Waals surface area contributed by atoms with Gasteiger partial charge in [0, 0.05) is 19.0 Å². The summed E-state index contributed by atoms with van der Waals surface area (Å²) in [5.74, 6) is 1.63. The van der Waals surface area contributed by atoms with Crippen LogP contribution in [0.25, 0.3) is 0 Å². The van der Waals surface area contributed by atoms with Crippen LogP contribution >= 0.6 is 11.8 Å². The minimum absolute atomic E-state index is 0.222. The van der Waals surface area contributed by atoms with Crippen LogP contribution in [0.3, 0.4) is 0 Å². The van der Waals surface area contributed by atoms with Crippen LogP contribution in [0.1, 0.15) is 19.8 Å². The Morgan fingerprint density at radius 2 is 2.21 bits per heavy atom. The third-order valence-electron chi connectivity index (χ3n) is 2.48. The highest BCUT2D eigenvalue weighted by molar-refractivity contribution is 7.99. The second kappa shape index (κ2) is 6.30. The fourth-order valence-corrected chi connectivity index (χ4v) is 2.69. The molecule has 4 heteroatoms. The molecule has 0 aliphatic carbocycles. The van der Waals surface area contributed by atoms with Crippen molar-refractivity contribution < 1.29 is 14.6 Å². The van der Waals surface area contributed by atoms with E-state index in [1.165, 1.54) is 0 Å². The minimum atomic E-state index is -0.690. The third-order valence-corrected chi connectivity index (χ3v) is 3.93. The first kappa shape index (κ1) is 11.9. The molecular formula is C10H18O3S. The van der Waals surface area contributed by atoms with Crippen LogP contribution in [0.2, 0.25) is 0 Å². The smallest absolute Gasteiger partial charge is 0.307 e. The topological polar surface area (TPSA) is 46.5 Å². The number of rotatable bonds is 5. The van der Waals surface area contributed by atoms with E-state index in [1.54, 1.807) is 18.7 Å². The van der Waals surface area contributed by atoms with Crippen molar-refractivity contribution in [3.8, 4) is 0 Å². The van der Waals surface area contributed by atoms with Crippen LogP contribution in [-0.4, -0.2) is 35.8 Å². The van der Waals surface area contributed by atoms with Crippen molar-refractivity contribution in [2.45, 2.75) is 19.8 Å². The molecule has 1 aliphatic rings. The van der Waals surface area contributed by atoms with E-state index in [2.05, 4.69) is 0 Å². The molecule has 0 saturated carbocycles. The molecule has 3 nitrogen and oxygen atoms in total. The summed E-state index contributed by atoms with van der Waals surface area (Å²) in [6.07, 6.45) is 2.27. The van der Waals surface area contributed by atoms with E-state index < -0.39 is 5.97 Å². The number of ether oxygens (including phenoxy) is 1. The Balaban J connectivity index is 2.05. The van der Waals surface area contributed by atoms with Gasteiger partial charge in [-0.05, 0) is 24.5 Å². The Morgan fingerprint density at radius 1 is 1.57 bits per heavy atom. The zero-order valence-corrected chi connectivity index (χ0v) is 9.39. The molecule has 1 aliphatic heterocycles. The Hall–Kier alpha value is -0.220. The summed E-state index contributed by atoms with van der Waals surface area (Å²) >= 11 is 1.76. The van der Waals surface area contributed by atoms with Crippen LogP contribution in [-0.2, 0) is 9.53 Å². The highest BCUT2D eigenvalue weighted by Crippen LogP contribution is 2.21. The van der Waals surface area contributed by atoms with E-state index in [4.69, 9.17) is 9.84 Å².